The van der Waals surface area contributed by atoms with Gasteiger partial charge in [0.1, 0.15) is 5.82 Å². The lowest BCUT2D eigenvalue weighted by molar-refractivity contribution is -0.137. The first-order valence-electron chi connectivity index (χ1n) is 7.50. The van der Waals surface area contributed by atoms with Crippen LogP contribution in [0.3, 0.4) is 0 Å². The van der Waals surface area contributed by atoms with Crippen LogP contribution in [0.4, 0.5) is 22.7 Å². The lowest BCUT2D eigenvalue weighted by Crippen LogP contribution is -2.11. The van der Waals surface area contributed by atoms with E-state index in [1.54, 1.807) is 6.07 Å². The molecule has 3 aromatic rings. The molecule has 0 spiro atoms. The zero-order chi connectivity index (χ0) is 19.4. The van der Waals surface area contributed by atoms with Crippen molar-refractivity contribution in [3.05, 3.63) is 71.0 Å². The van der Waals surface area contributed by atoms with Crippen LogP contribution in [0.15, 0.2) is 52.9 Å². The zero-order valence-electron chi connectivity index (χ0n) is 13.5. The van der Waals surface area contributed by atoms with Gasteiger partial charge in [0, 0.05) is 11.3 Å². The molecule has 0 saturated carbocycles. The Bertz CT molecular complexity index is 959. The second-order valence-electron chi connectivity index (χ2n) is 5.32. The lowest BCUT2D eigenvalue weighted by atomic mass is 10.1. The number of hydrogen-bond donors (Lipinski definition) is 1. The van der Waals surface area contributed by atoms with Gasteiger partial charge in [0.15, 0.2) is 4.34 Å². The molecule has 27 heavy (non-hydrogen) atoms. The van der Waals surface area contributed by atoms with Gasteiger partial charge in [-0.05, 0) is 29.8 Å². The number of carbonyl (C=O) groups excluding carboxylic acids is 1. The summed E-state index contributed by atoms with van der Waals surface area (Å²) < 4.78 is 51.8. The normalized spacial score (nSPS) is 11.4. The number of nitrogens with zero attached hydrogens (tertiary/aromatic N) is 2. The molecule has 10 heteroatoms. The van der Waals surface area contributed by atoms with Crippen LogP contribution in [-0.4, -0.2) is 16.1 Å². The first-order chi connectivity index (χ1) is 12.8. The van der Waals surface area contributed by atoms with E-state index in [1.807, 2.05) is 0 Å². The average molecular weight is 413 g/mol. The highest BCUT2D eigenvalue weighted by atomic mass is 32.2. The molecular formula is C17H11F4N3OS2. The summed E-state index contributed by atoms with van der Waals surface area (Å²) in [5.41, 5.74) is -0.0698. The molecule has 0 saturated heterocycles. The van der Waals surface area contributed by atoms with E-state index in [4.69, 9.17) is 0 Å². The number of nitrogens with one attached hydrogen (secondary N) is 1. The third-order valence-electron chi connectivity index (χ3n) is 3.33. The average Bonchev–Trinajstić information content (AvgIpc) is 3.07. The second-order valence-corrected chi connectivity index (χ2v) is 7.52. The van der Waals surface area contributed by atoms with Gasteiger partial charge in [-0.1, -0.05) is 47.4 Å². The Labute approximate surface area is 159 Å². The van der Waals surface area contributed by atoms with Crippen LogP contribution in [0.1, 0.15) is 21.5 Å². The summed E-state index contributed by atoms with van der Waals surface area (Å²) in [4.78, 5) is 12.0. The third kappa shape index (κ3) is 5.27. The maximum absolute atomic E-state index is 13.2. The maximum Gasteiger partial charge on any atom is 0.416 e. The topological polar surface area (TPSA) is 54.9 Å². The number of amides is 1. The Morgan fingerprint density at radius 1 is 1.11 bits per heavy atom. The van der Waals surface area contributed by atoms with E-state index < -0.39 is 23.5 Å². The summed E-state index contributed by atoms with van der Waals surface area (Å²) in [7, 11) is 0. The van der Waals surface area contributed by atoms with Crippen LogP contribution in [0.25, 0.3) is 0 Å². The molecule has 1 amide bonds. The largest absolute Gasteiger partial charge is 0.416 e. The van der Waals surface area contributed by atoms with Crippen molar-refractivity contribution >= 4 is 34.1 Å². The summed E-state index contributed by atoms with van der Waals surface area (Å²) in [6.45, 7) is 0. The molecule has 0 aliphatic heterocycles. The Morgan fingerprint density at radius 3 is 2.63 bits per heavy atom. The van der Waals surface area contributed by atoms with Crippen LogP contribution >= 0.6 is 23.1 Å². The van der Waals surface area contributed by atoms with Gasteiger partial charge in [-0.25, -0.2) is 4.39 Å². The molecule has 0 aliphatic rings. The number of aromatic nitrogens is 2. The van der Waals surface area contributed by atoms with Crippen molar-refractivity contribution in [2.75, 3.05) is 5.32 Å². The van der Waals surface area contributed by atoms with Crippen molar-refractivity contribution in [2.24, 2.45) is 0 Å². The third-order valence-corrected chi connectivity index (χ3v) is 5.37. The first kappa shape index (κ1) is 19.3. The summed E-state index contributed by atoms with van der Waals surface area (Å²) in [6, 6.07) is 10.2. The van der Waals surface area contributed by atoms with Crippen LogP contribution < -0.4 is 5.32 Å². The molecule has 3 rings (SSSR count). The van der Waals surface area contributed by atoms with E-state index in [-0.39, 0.29) is 16.4 Å². The van der Waals surface area contributed by atoms with Gasteiger partial charge in [-0.2, -0.15) is 13.2 Å². The second kappa shape index (κ2) is 8.05. The zero-order valence-corrected chi connectivity index (χ0v) is 15.1. The molecule has 0 fully saturated rings. The number of carbonyl (C=O) groups is 1. The lowest BCUT2D eigenvalue weighted by Gasteiger charge is -2.07. The van der Waals surface area contributed by atoms with Crippen LogP contribution in [0.5, 0.6) is 0 Å². The highest BCUT2D eigenvalue weighted by Crippen LogP contribution is 2.32. The highest BCUT2D eigenvalue weighted by Gasteiger charge is 2.30. The smallest absolute Gasteiger partial charge is 0.296 e. The predicted octanol–water partition coefficient (Wildman–Crippen LogP) is 5.24. The van der Waals surface area contributed by atoms with Gasteiger partial charge in [-0.15, -0.1) is 10.2 Å². The van der Waals surface area contributed by atoms with E-state index in [9.17, 15) is 22.4 Å². The predicted molar refractivity (Wildman–Crippen MR) is 95.3 cm³/mol. The molecule has 4 nitrogen and oxygen atoms in total. The number of hydrogen-bond acceptors (Lipinski definition) is 5. The van der Waals surface area contributed by atoms with Crippen LogP contribution in [0, 0.1) is 5.82 Å². The molecule has 2 aromatic carbocycles. The van der Waals surface area contributed by atoms with Crippen molar-refractivity contribution in [1.29, 1.82) is 0 Å². The Hall–Kier alpha value is -2.46. The van der Waals surface area contributed by atoms with Gasteiger partial charge in [0.2, 0.25) is 5.13 Å². The van der Waals surface area contributed by atoms with Crippen LogP contribution in [0.2, 0.25) is 0 Å². The first-order valence-corrected chi connectivity index (χ1v) is 9.31. The molecule has 1 aromatic heterocycles. The number of anilines is 1. The summed E-state index contributed by atoms with van der Waals surface area (Å²) in [5.74, 6) is -0.784. The molecule has 0 atom stereocenters. The number of halogens is 4. The number of benzene rings is 2. The molecule has 0 bridgehead atoms. The van der Waals surface area contributed by atoms with Crippen molar-refractivity contribution in [3.8, 4) is 0 Å². The molecule has 140 valence electrons. The Balaban J connectivity index is 1.61. The maximum atomic E-state index is 13.2. The summed E-state index contributed by atoms with van der Waals surface area (Å²) >= 11 is 2.29. The van der Waals surface area contributed by atoms with E-state index in [1.165, 1.54) is 36.0 Å². The fourth-order valence-corrected chi connectivity index (χ4v) is 3.79. The van der Waals surface area contributed by atoms with Gasteiger partial charge in [0.05, 0.1) is 5.56 Å². The Kier molecular flexibility index (Phi) is 5.76. The molecule has 1 N–H and O–H groups in total. The van der Waals surface area contributed by atoms with Gasteiger partial charge >= 0.3 is 6.18 Å². The minimum Gasteiger partial charge on any atom is -0.296 e. The highest BCUT2D eigenvalue weighted by molar-refractivity contribution is 8.00. The van der Waals surface area contributed by atoms with Gasteiger partial charge in [-0.3, -0.25) is 10.1 Å². The van der Waals surface area contributed by atoms with Crippen molar-refractivity contribution in [1.82, 2.24) is 10.2 Å². The van der Waals surface area contributed by atoms with Crippen LogP contribution in [-0.2, 0) is 11.9 Å². The molecule has 0 unspecified atom stereocenters. The van der Waals surface area contributed by atoms with E-state index in [0.717, 1.165) is 29.5 Å². The van der Waals surface area contributed by atoms with Crippen molar-refractivity contribution < 1.29 is 22.4 Å². The van der Waals surface area contributed by atoms with Crippen molar-refractivity contribution in [2.45, 2.75) is 16.3 Å². The van der Waals surface area contributed by atoms with E-state index in [2.05, 4.69) is 15.5 Å². The van der Waals surface area contributed by atoms with E-state index >= 15 is 0 Å². The number of thioether (sulfide) groups is 1. The Morgan fingerprint density at radius 2 is 1.89 bits per heavy atom. The SMILES string of the molecule is O=C(Nc1nnc(SCc2cccc(C(F)(F)F)c2)s1)c1cccc(F)c1. The molecule has 1 heterocycles. The summed E-state index contributed by atoms with van der Waals surface area (Å²) in [5, 5.41) is 10.4. The fraction of sp³-hybridized carbons (Fsp3) is 0.118. The quantitative estimate of drug-likeness (QED) is 0.353. The van der Waals surface area contributed by atoms with Crippen molar-refractivity contribution in [3.63, 3.8) is 0 Å². The minimum atomic E-state index is -4.39. The van der Waals surface area contributed by atoms with Gasteiger partial charge < -0.3 is 0 Å². The number of rotatable bonds is 5. The molecule has 0 aliphatic carbocycles. The standard InChI is InChI=1S/C17H11F4N3OS2/c18-13-6-2-4-11(8-13)14(25)22-15-23-24-16(27-15)26-9-10-3-1-5-12(7-10)17(19,20)21/h1-8H,9H2,(H,22,23,25). The molecule has 0 radical (unpaired) electrons. The monoisotopic (exact) mass is 413 g/mol. The van der Waals surface area contributed by atoms with E-state index in [0.29, 0.717) is 9.90 Å². The number of alkyl halides is 3. The minimum absolute atomic E-state index is 0.142. The molecular weight excluding hydrogens is 402 g/mol. The van der Waals surface area contributed by atoms with Gasteiger partial charge in [0.25, 0.3) is 5.91 Å². The fourth-order valence-electron chi connectivity index (χ4n) is 2.10. The summed E-state index contributed by atoms with van der Waals surface area (Å²) in [6.07, 6.45) is -4.39.